The van der Waals surface area contributed by atoms with Gasteiger partial charge in [-0.1, -0.05) is 53.9 Å². The molecule has 0 aliphatic carbocycles. The minimum absolute atomic E-state index is 0. The van der Waals surface area contributed by atoms with Gasteiger partial charge in [-0.05, 0) is 48.8 Å². The molecule has 10 nitrogen and oxygen atoms in total. The number of hydrogen-bond acceptors (Lipinski definition) is 10. The SMILES string of the molecule is CCC(=Cc1sc2ccc(F)cc2[n+]1CCCS(=O)(=O)O)C=C1Nc2ccccc2S1.O=S(=O)(O)CCCN1C=C(F)SC1.[OH-]. The number of hydrogen-bond donors (Lipinski definition) is 3. The highest BCUT2D eigenvalue weighted by molar-refractivity contribution is 8.03. The Morgan fingerprint density at radius 3 is 2.42 bits per heavy atom. The summed E-state index contributed by atoms with van der Waals surface area (Å²) in [6, 6.07) is 12.8. The summed E-state index contributed by atoms with van der Waals surface area (Å²) in [7, 11) is -7.92. The average molecular weight is 722 g/mol. The molecule has 3 aromatic rings. The summed E-state index contributed by atoms with van der Waals surface area (Å²) in [5.74, 6) is -0.438. The Morgan fingerprint density at radius 1 is 1.07 bits per heavy atom. The Morgan fingerprint density at radius 2 is 1.78 bits per heavy atom. The number of aryl methyl sites for hydroxylation is 1. The van der Waals surface area contributed by atoms with Gasteiger partial charge in [-0.2, -0.15) is 25.8 Å². The van der Waals surface area contributed by atoms with Crippen molar-refractivity contribution in [3.05, 3.63) is 81.3 Å². The Hall–Kier alpha value is -2.51. The van der Waals surface area contributed by atoms with Crippen LogP contribution in [0.4, 0.5) is 14.5 Å². The molecule has 4 N–H and O–H groups in total. The lowest BCUT2D eigenvalue weighted by Crippen LogP contribution is -2.36. The zero-order valence-corrected chi connectivity index (χ0v) is 28.2. The van der Waals surface area contributed by atoms with Crippen molar-refractivity contribution < 1.29 is 44.8 Å². The third-order valence-electron chi connectivity index (χ3n) is 6.37. The van der Waals surface area contributed by atoms with E-state index in [1.165, 1.54) is 34.6 Å². The van der Waals surface area contributed by atoms with Crippen molar-refractivity contribution in [3.8, 4) is 0 Å². The minimum Gasteiger partial charge on any atom is -0.870 e. The quantitative estimate of drug-likeness (QED) is 0.150. The maximum Gasteiger partial charge on any atom is 0.265 e. The van der Waals surface area contributed by atoms with Gasteiger partial charge >= 0.3 is 0 Å². The molecule has 0 amide bonds. The number of allylic oxidation sites excluding steroid dienone is 2. The predicted molar refractivity (Wildman–Crippen MR) is 177 cm³/mol. The lowest BCUT2D eigenvalue weighted by atomic mass is 10.2. The molecule has 246 valence electrons. The second-order valence-electron chi connectivity index (χ2n) is 9.81. The zero-order chi connectivity index (χ0) is 31.9. The highest BCUT2D eigenvalue weighted by atomic mass is 32.2. The van der Waals surface area contributed by atoms with Crippen molar-refractivity contribution in [2.45, 2.75) is 37.6 Å². The minimum atomic E-state index is -4.04. The molecule has 0 unspecified atom stereocenters. The summed E-state index contributed by atoms with van der Waals surface area (Å²) >= 11 is 4.28. The topological polar surface area (TPSA) is 158 Å². The molecule has 0 bridgehead atoms. The van der Waals surface area contributed by atoms with E-state index in [1.54, 1.807) is 22.7 Å². The number of rotatable bonds is 11. The van der Waals surface area contributed by atoms with Crippen LogP contribution < -0.4 is 9.88 Å². The van der Waals surface area contributed by atoms with Gasteiger partial charge in [0.1, 0.15) is 10.5 Å². The molecule has 0 atom stereocenters. The molecular formula is C28H33F2N3O7S5. The molecular weight excluding hydrogens is 689 g/mol. The number of thiazole rings is 1. The number of halogens is 2. The summed E-state index contributed by atoms with van der Waals surface area (Å²) in [5.41, 5.74) is 2.90. The first-order chi connectivity index (χ1) is 20.8. The highest BCUT2D eigenvalue weighted by Crippen LogP contribution is 2.41. The van der Waals surface area contributed by atoms with E-state index in [0.717, 1.165) is 49.7 Å². The Labute approximate surface area is 273 Å². The van der Waals surface area contributed by atoms with Crippen molar-refractivity contribution in [1.29, 1.82) is 0 Å². The van der Waals surface area contributed by atoms with Gasteiger partial charge in [-0.15, -0.1) is 0 Å². The first kappa shape index (κ1) is 37.0. The molecule has 0 fully saturated rings. The first-order valence-corrected chi connectivity index (χ1v) is 19.4. The van der Waals surface area contributed by atoms with Crippen LogP contribution in [-0.2, 0) is 26.8 Å². The first-order valence-electron chi connectivity index (χ1n) is 13.5. The number of anilines is 1. The van der Waals surface area contributed by atoms with Crippen LogP contribution in [0.1, 0.15) is 31.2 Å². The zero-order valence-electron chi connectivity index (χ0n) is 24.1. The van der Waals surface area contributed by atoms with Crippen LogP contribution in [0.25, 0.3) is 16.3 Å². The average Bonchev–Trinajstić information content (AvgIpc) is 3.64. The summed E-state index contributed by atoms with van der Waals surface area (Å²) < 4.78 is 89.5. The van der Waals surface area contributed by atoms with Crippen molar-refractivity contribution in [3.63, 3.8) is 0 Å². The van der Waals surface area contributed by atoms with E-state index in [4.69, 9.17) is 9.11 Å². The summed E-state index contributed by atoms with van der Waals surface area (Å²) in [6.07, 6.45) is 6.86. The number of nitrogens with one attached hydrogen (secondary N) is 1. The fourth-order valence-electron chi connectivity index (χ4n) is 4.33. The fraction of sp³-hybridized carbons (Fsp3) is 0.321. The van der Waals surface area contributed by atoms with Crippen LogP contribution in [0.3, 0.4) is 0 Å². The van der Waals surface area contributed by atoms with Gasteiger partial charge in [0.2, 0.25) is 5.52 Å². The van der Waals surface area contributed by atoms with E-state index < -0.39 is 20.2 Å². The number of nitrogens with zero attached hydrogens (tertiary/aromatic N) is 2. The van der Waals surface area contributed by atoms with Crippen LogP contribution in [0.5, 0.6) is 0 Å². The number of para-hydroxylation sites is 1. The lowest BCUT2D eigenvalue weighted by molar-refractivity contribution is -0.668. The molecule has 17 heteroatoms. The Bertz CT molecular complexity index is 1780. The highest BCUT2D eigenvalue weighted by Gasteiger charge is 2.22. The van der Waals surface area contributed by atoms with Gasteiger partial charge in [0.25, 0.3) is 25.2 Å². The number of fused-ring (bicyclic) bond motifs is 2. The third kappa shape index (κ3) is 11.7. The number of benzene rings is 2. The molecule has 5 rings (SSSR count). The van der Waals surface area contributed by atoms with E-state index >= 15 is 0 Å². The molecule has 2 aromatic carbocycles. The van der Waals surface area contributed by atoms with Gasteiger partial charge in [-0.3, -0.25) is 9.11 Å². The summed E-state index contributed by atoms with van der Waals surface area (Å²) in [4.78, 5) is 2.85. The molecule has 2 aliphatic heterocycles. The normalized spacial score (nSPS) is 15.8. The maximum absolute atomic E-state index is 13.9. The Kier molecular flexibility index (Phi) is 13.4. The van der Waals surface area contributed by atoms with Crippen LogP contribution in [0.2, 0.25) is 0 Å². The third-order valence-corrected chi connectivity index (χ3v) is 11.0. The van der Waals surface area contributed by atoms with Crippen LogP contribution >= 0.6 is 34.9 Å². The number of aromatic nitrogens is 1. The van der Waals surface area contributed by atoms with Crippen molar-refractivity contribution in [2.24, 2.45) is 0 Å². The largest absolute Gasteiger partial charge is 0.870 e. The van der Waals surface area contributed by atoms with Crippen molar-refractivity contribution in [1.82, 2.24) is 4.90 Å². The van der Waals surface area contributed by atoms with Crippen molar-refractivity contribution in [2.75, 3.05) is 29.2 Å². The molecule has 0 saturated carbocycles. The van der Waals surface area contributed by atoms with E-state index in [9.17, 15) is 25.6 Å². The second-order valence-corrected chi connectivity index (χ2v) is 16.0. The van der Waals surface area contributed by atoms with Gasteiger partial charge < -0.3 is 15.7 Å². The maximum atomic E-state index is 13.9. The molecule has 0 saturated heterocycles. The predicted octanol–water partition coefficient (Wildman–Crippen LogP) is 6.32. The van der Waals surface area contributed by atoms with Crippen molar-refractivity contribution >= 4 is 77.1 Å². The smallest absolute Gasteiger partial charge is 0.265 e. The molecule has 2 aliphatic rings. The fourth-order valence-corrected chi connectivity index (χ4v) is 8.17. The van der Waals surface area contributed by atoms with E-state index in [0.29, 0.717) is 25.4 Å². The van der Waals surface area contributed by atoms with E-state index in [1.807, 2.05) is 22.8 Å². The standard InChI is InChI=1S/C22H21FN2O3S3.C6H10FNO3S2.H2O/c1-2-15(12-21-24-17-6-3-4-7-19(17)29-21)13-22-25(10-5-11-31(26,27)28)18-14-16(23)8-9-20(18)30-22;7-6-4-8(5-12-6)2-1-3-13(9,10)11;/h3-4,6-9,12-14H,2,5,10-11H2,1H3,(H,26,27,28);4H,1-3,5H2,(H,9,10,11);1H2. The van der Waals surface area contributed by atoms with Crippen LogP contribution in [0.15, 0.2) is 75.4 Å². The molecule has 3 heterocycles. The number of thioether (sulfide) groups is 2. The van der Waals surface area contributed by atoms with E-state index in [2.05, 4.69) is 30.5 Å². The van der Waals surface area contributed by atoms with Gasteiger partial charge in [0.05, 0.1) is 28.1 Å². The monoisotopic (exact) mass is 721 g/mol. The molecule has 0 radical (unpaired) electrons. The summed E-state index contributed by atoms with van der Waals surface area (Å²) in [5, 5.41) is 5.11. The Balaban J connectivity index is 0.000000333. The lowest BCUT2D eigenvalue weighted by Gasteiger charge is -2.12. The van der Waals surface area contributed by atoms with Crippen LogP contribution in [0, 0.1) is 5.82 Å². The van der Waals surface area contributed by atoms with Gasteiger partial charge in [0, 0.05) is 36.2 Å². The second kappa shape index (κ2) is 16.4. The van der Waals surface area contributed by atoms with Gasteiger partial charge in [-0.25, -0.2) is 4.39 Å². The molecule has 0 spiro atoms. The summed E-state index contributed by atoms with van der Waals surface area (Å²) in [6.45, 7) is 2.88. The molecule has 1 aromatic heterocycles. The van der Waals surface area contributed by atoms with Crippen LogP contribution in [-0.4, -0.2) is 60.2 Å². The van der Waals surface area contributed by atoms with E-state index in [-0.39, 0.29) is 34.4 Å². The van der Waals surface area contributed by atoms with Gasteiger partial charge in [0.15, 0.2) is 11.7 Å². The molecule has 45 heavy (non-hydrogen) atoms.